The summed E-state index contributed by atoms with van der Waals surface area (Å²) in [4.78, 5) is 15.9. The van der Waals surface area contributed by atoms with Gasteiger partial charge in [0.15, 0.2) is 14.7 Å². The Labute approximate surface area is 164 Å². The van der Waals surface area contributed by atoms with Crippen LogP contribution in [0.25, 0.3) is 0 Å². The number of carbonyl (C=O) groups excluding carboxylic acids is 1. The van der Waals surface area contributed by atoms with E-state index >= 15 is 0 Å². The maximum atomic E-state index is 12.2. The Kier molecular flexibility index (Phi) is 7.11. The smallest absolute Gasteiger partial charge is 0.338 e. The summed E-state index contributed by atoms with van der Waals surface area (Å²) < 4.78 is 5.36. The summed E-state index contributed by atoms with van der Waals surface area (Å²) in [6.45, 7) is 2.63. The van der Waals surface area contributed by atoms with E-state index in [0.29, 0.717) is 12.2 Å². The maximum absolute atomic E-state index is 12.2. The molecule has 3 heteroatoms. The van der Waals surface area contributed by atoms with Gasteiger partial charge in [-0.1, -0.05) is 56.2 Å². The van der Waals surface area contributed by atoms with Gasteiger partial charge >= 0.3 is 5.97 Å². The van der Waals surface area contributed by atoms with E-state index in [-0.39, 0.29) is 16.9 Å². The number of benzene rings is 3. The van der Waals surface area contributed by atoms with Crippen LogP contribution < -0.4 is 0 Å². The molecular weight excluding hydrogens is 352 g/mol. The van der Waals surface area contributed by atoms with E-state index in [4.69, 9.17) is 4.74 Å². The lowest BCUT2D eigenvalue weighted by molar-refractivity contribution is 0.0498. The Bertz CT molecular complexity index is 790. The van der Waals surface area contributed by atoms with Gasteiger partial charge in [0.25, 0.3) is 0 Å². The van der Waals surface area contributed by atoms with E-state index in [1.807, 2.05) is 36.4 Å². The number of unbranched alkanes of at least 4 members (excludes halogenated alkanes) is 2. The highest BCUT2D eigenvalue weighted by Crippen LogP contribution is 2.31. The summed E-state index contributed by atoms with van der Waals surface area (Å²) in [7, 11) is -0.196. The first-order valence-corrected chi connectivity index (χ1v) is 10.6. The Balaban J connectivity index is 1.81. The molecule has 0 heterocycles. The average molecular weight is 378 g/mol. The van der Waals surface area contributed by atoms with Crippen LogP contribution in [0.1, 0.15) is 36.5 Å². The van der Waals surface area contributed by atoms with Gasteiger partial charge in [0, 0.05) is 0 Å². The maximum Gasteiger partial charge on any atom is 0.338 e. The first-order valence-electron chi connectivity index (χ1n) is 9.41. The van der Waals surface area contributed by atoms with Crippen LogP contribution in [0.2, 0.25) is 0 Å². The Morgan fingerprint density at radius 1 is 0.741 bits per heavy atom. The van der Waals surface area contributed by atoms with Crippen LogP contribution in [0.3, 0.4) is 0 Å². The van der Waals surface area contributed by atoms with Crippen molar-refractivity contribution in [3.8, 4) is 0 Å². The summed E-state index contributed by atoms with van der Waals surface area (Å²) in [5.74, 6) is -0.239. The van der Waals surface area contributed by atoms with Gasteiger partial charge in [-0.25, -0.2) is 4.79 Å². The van der Waals surface area contributed by atoms with E-state index in [2.05, 4.69) is 55.5 Å². The predicted octanol–water partition coefficient (Wildman–Crippen LogP) is 6.13. The van der Waals surface area contributed by atoms with Crippen LogP contribution in [-0.2, 0) is 15.6 Å². The van der Waals surface area contributed by atoms with Gasteiger partial charge in [0.05, 0.1) is 23.1 Å². The molecule has 27 heavy (non-hydrogen) atoms. The number of esters is 1. The van der Waals surface area contributed by atoms with Crippen LogP contribution in [-0.4, -0.2) is 12.6 Å². The molecule has 0 unspecified atom stereocenters. The van der Waals surface area contributed by atoms with Gasteiger partial charge in [-0.15, -0.1) is 0 Å². The summed E-state index contributed by atoms with van der Waals surface area (Å²) >= 11 is 0. The monoisotopic (exact) mass is 377 g/mol. The molecule has 0 amide bonds. The lowest BCUT2D eigenvalue weighted by atomic mass is 10.2. The van der Waals surface area contributed by atoms with Gasteiger partial charge in [-0.2, -0.15) is 0 Å². The number of rotatable bonds is 8. The molecule has 0 saturated heterocycles. The first kappa shape index (κ1) is 19.2. The summed E-state index contributed by atoms with van der Waals surface area (Å²) in [5.41, 5.74) is 0.611. The molecule has 0 aromatic heterocycles. The second kappa shape index (κ2) is 9.98. The Morgan fingerprint density at radius 3 is 1.78 bits per heavy atom. The first-order chi connectivity index (χ1) is 13.3. The van der Waals surface area contributed by atoms with Crippen LogP contribution in [0.15, 0.2) is 99.6 Å². The molecule has 0 fully saturated rings. The highest BCUT2D eigenvalue weighted by molar-refractivity contribution is 7.97. The van der Waals surface area contributed by atoms with Gasteiger partial charge in [-0.3, -0.25) is 0 Å². The molecule has 0 aliphatic rings. The summed E-state index contributed by atoms with van der Waals surface area (Å²) in [6.07, 6.45) is 3.13. The third-order valence-corrected chi connectivity index (χ3v) is 6.50. The standard InChI is InChI=1S/C24H25O2S/c1-2-3-10-19-26-24(25)20-15-17-23(18-16-20)27(21-11-6-4-7-12-21)22-13-8-5-9-14-22/h4-9,11-18H,2-3,10,19H2,1H3/q+1. The van der Waals surface area contributed by atoms with Gasteiger partial charge in [-0.05, 0) is 55.0 Å². The lowest BCUT2D eigenvalue weighted by Crippen LogP contribution is -2.08. The highest BCUT2D eigenvalue weighted by Gasteiger charge is 2.28. The second-order valence-electron chi connectivity index (χ2n) is 6.30. The number of ether oxygens (including phenoxy) is 1. The molecule has 0 saturated carbocycles. The van der Waals surface area contributed by atoms with E-state index in [9.17, 15) is 4.79 Å². The third kappa shape index (κ3) is 5.24. The molecule has 0 aliphatic carbocycles. The molecule has 0 bridgehead atoms. The summed E-state index contributed by atoms with van der Waals surface area (Å²) in [5, 5.41) is 0. The summed E-state index contributed by atoms with van der Waals surface area (Å²) in [6, 6.07) is 28.8. The van der Waals surface area contributed by atoms with Crippen molar-refractivity contribution >= 4 is 16.9 Å². The highest BCUT2D eigenvalue weighted by atomic mass is 32.2. The van der Waals surface area contributed by atoms with Crippen molar-refractivity contribution in [2.24, 2.45) is 0 Å². The molecule has 0 atom stereocenters. The van der Waals surface area contributed by atoms with Crippen molar-refractivity contribution in [2.75, 3.05) is 6.61 Å². The van der Waals surface area contributed by atoms with Crippen molar-refractivity contribution in [1.29, 1.82) is 0 Å². The van der Waals surface area contributed by atoms with Crippen molar-refractivity contribution in [2.45, 2.75) is 40.9 Å². The number of hydrogen-bond donors (Lipinski definition) is 0. The van der Waals surface area contributed by atoms with Crippen LogP contribution in [0.4, 0.5) is 0 Å². The topological polar surface area (TPSA) is 26.3 Å². The molecule has 3 aromatic carbocycles. The normalized spacial score (nSPS) is 10.7. The average Bonchev–Trinajstić information content (AvgIpc) is 2.73. The van der Waals surface area contributed by atoms with E-state index in [1.54, 1.807) is 0 Å². The quantitative estimate of drug-likeness (QED) is 0.268. The van der Waals surface area contributed by atoms with Crippen LogP contribution in [0.5, 0.6) is 0 Å². The van der Waals surface area contributed by atoms with Crippen molar-refractivity contribution in [3.63, 3.8) is 0 Å². The van der Waals surface area contributed by atoms with Gasteiger partial charge in [0.2, 0.25) is 0 Å². The minimum Gasteiger partial charge on any atom is -0.462 e. The minimum absolute atomic E-state index is 0.196. The molecule has 3 rings (SSSR count). The molecule has 0 radical (unpaired) electrons. The zero-order valence-corrected chi connectivity index (χ0v) is 16.5. The number of hydrogen-bond acceptors (Lipinski definition) is 2. The number of carbonyl (C=O) groups is 1. The largest absolute Gasteiger partial charge is 0.462 e. The zero-order valence-electron chi connectivity index (χ0n) is 15.6. The molecule has 0 aliphatic heterocycles. The molecule has 138 valence electrons. The van der Waals surface area contributed by atoms with Gasteiger partial charge < -0.3 is 4.74 Å². The molecule has 2 nitrogen and oxygen atoms in total. The Hall–Kier alpha value is -2.52. The van der Waals surface area contributed by atoms with Gasteiger partial charge in [0.1, 0.15) is 0 Å². The van der Waals surface area contributed by atoms with Crippen LogP contribution >= 0.6 is 0 Å². The third-order valence-electron chi connectivity index (χ3n) is 4.26. The van der Waals surface area contributed by atoms with E-state index in [1.165, 1.54) is 14.7 Å². The fraction of sp³-hybridized carbons (Fsp3) is 0.208. The van der Waals surface area contributed by atoms with Crippen molar-refractivity contribution in [1.82, 2.24) is 0 Å². The molecule has 3 aromatic rings. The van der Waals surface area contributed by atoms with E-state index in [0.717, 1.165) is 19.3 Å². The molecular formula is C24H25O2S+. The molecule has 0 N–H and O–H groups in total. The van der Waals surface area contributed by atoms with Crippen molar-refractivity contribution in [3.05, 3.63) is 90.5 Å². The molecule has 0 spiro atoms. The fourth-order valence-electron chi connectivity index (χ4n) is 2.85. The Morgan fingerprint density at radius 2 is 1.26 bits per heavy atom. The fourth-order valence-corrected chi connectivity index (χ4v) is 4.93. The second-order valence-corrected chi connectivity index (χ2v) is 8.33. The predicted molar refractivity (Wildman–Crippen MR) is 111 cm³/mol. The minimum atomic E-state index is -0.239. The van der Waals surface area contributed by atoms with E-state index < -0.39 is 0 Å². The zero-order chi connectivity index (χ0) is 18.9. The van der Waals surface area contributed by atoms with Crippen molar-refractivity contribution < 1.29 is 9.53 Å². The van der Waals surface area contributed by atoms with Crippen LogP contribution in [0, 0.1) is 0 Å². The lowest BCUT2D eigenvalue weighted by Gasteiger charge is -2.09. The SMILES string of the molecule is CCCCCOC(=O)c1ccc([S+](c2ccccc2)c2ccccc2)cc1.